The number of thiophene rings is 1. The summed E-state index contributed by atoms with van der Waals surface area (Å²) in [4.78, 5) is 22.1. The molecule has 1 fully saturated rings. The van der Waals surface area contributed by atoms with Crippen LogP contribution >= 0.6 is 11.3 Å². The van der Waals surface area contributed by atoms with E-state index >= 15 is 0 Å². The van der Waals surface area contributed by atoms with E-state index in [2.05, 4.69) is 41.4 Å². The highest BCUT2D eigenvalue weighted by Gasteiger charge is 2.66. The van der Waals surface area contributed by atoms with Gasteiger partial charge in [0.2, 0.25) is 5.91 Å². The number of primary amides is 1. The van der Waals surface area contributed by atoms with Crippen LogP contribution in [-0.4, -0.2) is 25.7 Å². The van der Waals surface area contributed by atoms with E-state index in [1.165, 1.54) is 4.88 Å². The molecule has 7 heteroatoms. The van der Waals surface area contributed by atoms with Crippen molar-refractivity contribution in [1.29, 1.82) is 0 Å². The predicted molar refractivity (Wildman–Crippen MR) is 100 cm³/mol. The van der Waals surface area contributed by atoms with Gasteiger partial charge >= 0.3 is 0 Å². The molecule has 0 aliphatic heterocycles. The molecule has 26 heavy (non-hydrogen) atoms. The minimum absolute atomic E-state index is 0.0206. The molecule has 2 N–H and O–H groups in total. The van der Waals surface area contributed by atoms with Gasteiger partial charge in [-0.1, -0.05) is 26.0 Å². The third-order valence-corrected chi connectivity index (χ3v) is 6.17. The fourth-order valence-corrected chi connectivity index (χ4v) is 4.82. The number of aromatic nitrogens is 4. The number of aryl methyl sites for hydroxylation is 1. The van der Waals surface area contributed by atoms with Crippen molar-refractivity contribution in [1.82, 2.24) is 19.7 Å². The normalized spacial score (nSPS) is 20.9. The molecule has 0 saturated heterocycles. The zero-order chi connectivity index (χ0) is 18.5. The first-order chi connectivity index (χ1) is 12.3. The quantitative estimate of drug-likeness (QED) is 0.751. The van der Waals surface area contributed by atoms with Crippen molar-refractivity contribution in [3.05, 3.63) is 57.9 Å². The average Bonchev–Trinajstić information content (AvgIpc) is 2.99. The fraction of sp³-hybridized carbons (Fsp3) is 0.368. The van der Waals surface area contributed by atoms with Crippen LogP contribution < -0.4 is 5.73 Å². The van der Waals surface area contributed by atoms with Crippen LogP contribution in [0.2, 0.25) is 0 Å². The number of amides is 1. The summed E-state index contributed by atoms with van der Waals surface area (Å²) >= 11 is 1.73. The Balaban J connectivity index is 1.92. The number of hydrogen-bond donors (Lipinski definition) is 1. The Hall–Kier alpha value is -2.54. The smallest absolute Gasteiger partial charge is 0.225 e. The lowest BCUT2D eigenvalue weighted by Crippen LogP contribution is -2.21. The molecule has 1 unspecified atom stereocenters. The highest BCUT2D eigenvalue weighted by atomic mass is 32.1. The van der Waals surface area contributed by atoms with Gasteiger partial charge in [-0.15, -0.1) is 16.4 Å². The van der Waals surface area contributed by atoms with Crippen molar-refractivity contribution in [2.75, 3.05) is 0 Å². The first-order valence-corrected chi connectivity index (χ1v) is 9.44. The van der Waals surface area contributed by atoms with Crippen molar-refractivity contribution in [2.24, 2.45) is 11.1 Å². The van der Waals surface area contributed by atoms with Crippen LogP contribution in [0.3, 0.4) is 0 Å². The largest absolute Gasteiger partial charge is 0.369 e. The molecule has 0 aromatic carbocycles. The van der Waals surface area contributed by atoms with E-state index in [4.69, 9.17) is 10.7 Å². The molecular weight excluding hydrogens is 346 g/mol. The Bertz CT molecular complexity index is 976. The Morgan fingerprint density at radius 1 is 1.27 bits per heavy atom. The Morgan fingerprint density at radius 3 is 2.62 bits per heavy atom. The summed E-state index contributed by atoms with van der Waals surface area (Å²) in [7, 11) is 0. The molecule has 1 aliphatic carbocycles. The van der Waals surface area contributed by atoms with Gasteiger partial charge in [0.15, 0.2) is 11.6 Å². The van der Waals surface area contributed by atoms with Crippen LogP contribution in [0.5, 0.6) is 0 Å². The van der Waals surface area contributed by atoms with Gasteiger partial charge in [-0.25, -0.2) is 9.97 Å². The van der Waals surface area contributed by atoms with Crippen molar-refractivity contribution < 1.29 is 4.79 Å². The molecule has 3 heterocycles. The second-order valence-electron chi connectivity index (χ2n) is 7.49. The van der Waals surface area contributed by atoms with Crippen LogP contribution in [0.25, 0.3) is 5.82 Å². The number of hydrogen-bond acceptors (Lipinski definition) is 5. The number of nitrogens with two attached hydrogens (primary N) is 1. The van der Waals surface area contributed by atoms with Gasteiger partial charge in [-0.05, 0) is 42.3 Å². The fourth-order valence-electron chi connectivity index (χ4n) is 3.72. The molecule has 0 radical (unpaired) electrons. The van der Waals surface area contributed by atoms with Crippen molar-refractivity contribution in [2.45, 2.75) is 39.0 Å². The Kier molecular flexibility index (Phi) is 3.73. The molecule has 134 valence electrons. The highest BCUT2D eigenvalue weighted by Crippen LogP contribution is 2.68. The van der Waals surface area contributed by atoms with Gasteiger partial charge in [0.05, 0.1) is 11.8 Å². The first kappa shape index (κ1) is 16.9. The summed E-state index contributed by atoms with van der Waals surface area (Å²) in [5.41, 5.74) is 6.11. The number of nitrogens with zero attached hydrogens (tertiary/aromatic N) is 4. The Morgan fingerprint density at radius 2 is 2.04 bits per heavy atom. The molecule has 3 aromatic rings. The summed E-state index contributed by atoms with van der Waals surface area (Å²) in [5.74, 6) is 1.54. The van der Waals surface area contributed by atoms with Gasteiger partial charge in [0.1, 0.15) is 5.82 Å². The average molecular weight is 367 g/mol. The topological polar surface area (TPSA) is 86.7 Å². The van der Waals surface area contributed by atoms with Crippen LogP contribution in [0.4, 0.5) is 0 Å². The van der Waals surface area contributed by atoms with Crippen molar-refractivity contribution in [3.63, 3.8) is 0 Å². The second kappa shape index (κ2) is 5.74. The lowest BCUT2D eigenvalue weighted by molar-refractivity contribution is -0.117. The van der Waals surface area contributed by atoms with Gasteiger partial charge in [-0.2, -0.15) is 4.68 Å². The summed E-state index contributed by atoms with van der Waals surface area (Å²) in [6, 6.07) is 10.0. The van der Waals surface area contributed by atoms with E-state index in [1.807, 2.05) is 25.1 Å². The molecule has 1 atom stereocenters. The third-order valence-electron chi connectivity index (χ3n) is 5.13. The SMILES string of the molecule is Cc1cccc(-n2nc(CC(N)=O)nc2C2(c3cccs3)CC2(C)C)n1. The van der Waals surface area contributed by atoms with E-state index in [-0.39, 0.29) is 17.3 Å². The first-order valence-electron chi connectivity index (χ1n) is 8.56. The molecule has 0 bridgehead atoms. The molecule has 4 rings (SSSR count). The van der Waals surface area contributed by atoms with Crippen molar-refractivity contribution >= 4 is 17.2 Å². The summed E-state index contributed by atoms with van der Waals surface area (Å²) in [5, 5.41) is 6.68. The maximum Gasteiger partial charge on any atom is 0.225 e. The van der Waals surface area contributed by atoms with E-state index in [0.717, 1.165) is 17.9 Å². The number of rotatable bonds is 5. The lowest BCUT2D eigenvalue weighted by Gasteiger charge is -2.19. The summed E-state index contributed by atoms with van der Waals surface area (Å²) in [6.45, 7) is 6.42. The van der Waals surface area contributed by atoms with Gasteiger partial charge in [-0.3, -0.25) is 4.79 Å². The van der Waals surface area contributed by atoms with E-state index in [1.54, 1.807) is 16.0 Å². The van der Waals surface area contributed by atoms with Crippen LogP contribution in [0, 0.1) is 12.3 Å². The standard InChI is InChI=1S/C19H21N5OS/c1-12-6-4-8-16(21-12)24-17(22-15(23-24)10-14(20)25)19(11-18(19,2)3)13-7-5-9-26-13/h4-9H,10-11H2,1-3H3,(H2,20,25). The molecule has 1 aliphatic rings. The van der Waals surface area contributed by atoms with E-state index in [0.29, 0.717) is 11.6 Å². The molecular formula is C19H21N5OS. The molecule has 0 spiro atoms. The highest BCUT2D eigenvalue weighted by molar-refractivity contribution is 7.10. The number of carbonyl (C=O) groups is 1. The minimum atomic E-state index is -0.439. The zero-order valence-corrected chi connectivity index (χ0v) is 15.9. The van der Waals surface area contributed by atoms with Crippen LogP contribution in [0.1, 0.15) is 42.5 Å². The lowest BCUT2D eigenvalue weighted by atomic mass is 9.93. The molecule has 1 amide bonds. The molecule has 3 aromatic heterocycles. The maximum atomic E-state index is 11.4. The summed E-state index contributed by atoms with van der Waals surface area (Å²) < 4.78 is 1.79. The van der Waals surface area contributed by atoms with E-state index < -0.39 is 5.91 Å². The summed E-state index contributed by atoms with van der Waals surface area (Å²) in [6.07, 6.45) is 0.994. The number of carbonyl (C=O) groups excluding carboxylic acids is 1. The van der Waals surface area contributed by atoms with E-state index in [9.17, 15) is 4.79 Å². The predicted octanol–water partition coefficient (Wildman–Crippen LogP) is 2.78. The monoisotopic (exact) mass is 367 g/mol. The third kappa shape index (κ3) is 2.54. The minimum Gasteiger partial charge on any atom is -0.369 e. The van der Waals surface area contributed by atoms with Gasteiger partial charge in [0.25, 0.3) is 0 Å². The molecule has 1 saturated carbocycles. The van der Waals surface area contributed by atoms with Crippen LogP contribution in [0.15, 0.2) is 35.7 Å². The zero-order valence-electron chi connectivity index (χ0n) is 15.1. The van der Waals surface area contributed by atoms with Crippen LogP contribution in [-0.2, 0) is 16.6 Å². The second-order valence-corrected chi connectivity index (χ2v) is 8.43. The van der Waals surface area contributed by atoms with Gasteiger partial charge < -0.3 is 5.73 Å². The number of pyridine rings is 1. The van der Waals surface area contributed by atoms with Crippen molar-refractivity contribution in [3.8, 4) is 5.82 Å². The van der Waals surface area contributed by atoms with Gasteiger partial charge in [0, 0.05) is 10.6 Å². The maximum absolute atomic E-state index is 11.4. The Labute approximate surface area is 156 Å². The molecule has 6 nitrogen and oxygen atoms in total.